The van der Waals surface area contributed by atoms with Crippen LogP contribution in [-0.2, 0) is 17.6 Å². The Hall–Kier alpha value is -4.02. The fourth-order valence-electron chi connectivity index (χ4n) is 5.42. The number of nitrogens with zero attached hydrogens (tertiary/aromatic N) is 3. The summed E-state index contributed by atoms with van der Waals surface area (Å²) in [4.78, 5) is 42.8. The lowest BCUT2D eigenvalue weighted by Gasteiger charge is -2.36. The van der Waals surface area contributed by atoms with Crippen LogP contribution in [-0.4, -0.2) is 54.8 Å². The number of carbonyl (C=O) groups is 2. The molecule has 1 saturated heterocycles. The standard InChI is InChI=1S/C32H37Cl2N7O3/c1-5-22-9-10-23(33)17-25(22)37-29(42)27-28(36-18-35-27)30(43)40-31-38-24-11-8-21(16-26(24)39-31)7-6-20-12-14-41(15-13-20)19(2)44-32(3,4)34/h8-11,16-18,20H,2,5-7,12-15H2,1,3-4H3,(H,35,36)(H,37,42)(H2,38,39,40,43). The van der Waals surface area contributed by atoms with Crippen molar-refractivity contribution in [2.75, 3.05) is 23.7 Å². The van der Waals surface area contributed by atoms with Crippen molar-refractivity contribution in [1.29, 1.82) is 0 Å². The van der Waals surface area contributed by atoms with Gasteiger partial charge in [0.2, 0.25) is 5.95 Å². The minimum atomic E-state index is -0.766. The predicted octanol–water partition coefficient (Wildman–Crippen LogP) is 7.11. The fraction of sp³-hybridized carbons (Fsp3) is 0.375. The van der Waals surface area contributed by atoms with Gasteiger partial charge in [0.1, 0.15) is 5.69 Å². The van der Waals surface area contributed by atoms with Crippen molar-refractivity contribution in [2.45, 2.75) is 57.9 Å². The molecule has 0 unspecified atom stereocenters. The Labute approximate surface area is 266 Å². The summed E-state index contributed by atoms with van der Waals surface area (Å²) in [7, 11) is 0. The number of halogens is 2. The topological polar surface area (TPSA) is 128 Å². The lowest BCUT2D eigenvalue weighted by atomic mass is 9.90. The molecule has 2 aromatic heterocycles. The highest BCUT2D eigenvalue weighted by Gasteiger charge is 2.25. The number of carbonyl (C=O) groups excluding carboxylic acids is 2. The quantitative estimate of drug-likeness (QED) is 0.102. The lowest BCUT2D eigenvalue weighted by Crippen LogP contribution is -2.35. The number of likely N-dealkylation sites (tertiary alicyclic amines) is 1. The Morgan fingerprint density at radius 2 is 1.91 bits per heavy atom. The third-order valence-corrected chi connectivity index (χ3v) is 8.04. The van der Waals surface area contributed by atoms with E-state index in [1.165, 1.54) is 11.9 Å². The zero-order chi connectivity index (χ0) is 31.4. The van der Waals surface area contributed by atoms with Crippen molar-refractivity contribution < 1.29 is 14.3 Å². The summed E-state index contributed by atoms with van der Waals surface area (Å²) in [6, 6.07) is 11.4. The molecule has 0 atom stereocenters. The molecule has 0 radical (unpaired) electrons. The van der Waals surface area contributed by atoms with Crippen molar-refractivity contribution in [1.82, 2.24) is 24.8 Å². The number of aromatic nitrogens is 4. The number of ether oxygens (including phenoxy) is 1. The van der Waals surface area contributed by atoms with Crippen molar-refractivity contribution in [3.63, 3.8) is 0 Å². The van der Waals surface area contributed by atoms with Crippen LogP contribution in [0.15, 0.2) is 55.2 Å². The summed E-state index contributed by atoms with van der Waals surface area (Å²) < 4.78 is 5.71. The first-order valence-corrected chi connectivity index (χ1v) is 15.5. The Morgan fingerprint density at radius 3 is 2.64 bits per heavy atom. The monoisotopic (exact) mass is 637 g/mol. The van der Waals surface area contributed by atoms with Crippen molar-refractivity contribution in [3.8, 4) is 0 Å². The molecule has 0 bridgehead atoms. The van der Waals surface area contributed by atoms with Gasteiger partial charge in [-0.05, 0) is 93.8 Å². The minimum absolute atomic E-state index is 0.0243. The summed E-state index contributed by atoms with van der Waals surface area (Å²) in [5.41, 5.74) is 4.22. The van der Waals surface area contributed by atoms with Crippen molar-refractivity contribution in [3.05, 3.63) is 82.7 Å². The molecule has 232 valence electrons. The summed E-state index contributed by atoms with van der Waals surface area (Å²) >= 11 is 12.3. The molecule has 3 heterocycles. The normalized spacial score (nSPS) is 14.1. The van der Waals surface area contributed by atoms with E-state index < -0.39 is 16.9 Å². The van der Waals surface area contributed by atoms with E-state index in [-0.39, 0.29) is 17.3 Å². The van der Waals surface area contributed by atoms with Gasteiger partial charge in [0.25, 0.3) is 11.8 Å². The minimum Gasteiger partial charge on any atom is -0.458 e. The number of alkyl halides is 1. The molecule has 4 aromatic rings. The highest BCUT2D eigenvalue weighted by Crippen LogP contribution is 2.28. The summed E-state index contributed by atoms with van der Waals surface area (Å²) in [5.74, 6) is 0.462. The van der Waals surface area contributed by atoms with E-state index in [1.807, 2.05) is 32.9 Å². The number of fused-ring (bicyclic) bond motifs is 1. The van der Waals surface area contributed by atoms with Crippen LogP contribution in [0.4, 0.5) is 11.6 Å². The zero-order valence-corrected chi connectivity index (χ0v) is 26.6. The van der Waals surface area contributed by atoms with Crippen LogP contribution in [0.2, 0.25) is 5.02 Å². The summed E-state index contributed by atoms with van der Waals surface area (Å²) in [6.07, 6.45) is 6.16. The number of piperidine rings is 1. The molecule has 1 fully saturated rings. The van der Waals surface area contributed by atoms with Crippen LogP contribution in [0.3, 0.4) is 0 Å². The molecular formula is C32H37Cl2N7O3. The van der Waals surface area contributed by atoms with Gasteiger partial charge in [0, 0.05) is 23.8 Å². The van der Waals surface area contributed by atoms with E-state index >= 15 is 0 Å². The SMILES string of the molecule is C=C(OC(C)(C)Cl)N1CCC(CCc2ccc3nc(NC(=O)c4[nH]cnc4C(=O)Nc4cc(Cl)ccc4CC)[nH]c3c2)CC1. The summed E-state index contributed by atoms with van der Waals surface area (Å²) in [6.45, 7) is 11.4. The van der Waals surface area contributed by atoms with Crippen LogP contribution in [0.1, 0.15) is 72.1 Å². The first-order chi connectivity index (χ1) is 21.0. The maximum Gasteiger partial charge on any atom is 0.276 e. The van der Waals surface area contributed by atoms with Crippen molar-refractivity contribution in [2.24, 2.45) is 5.92 Å². The van der Waals surface area contributed by atoms with Crippen LogP contribution in [0.5, 0.6) is 0 Å². The Bertz CT molecular complexity index is 1670. The van der Waals surface area contributed by atoms with Gasteiger partial charge in [-0.1, -0.05) is 42.3 Å². The second-order valence-corrected chi connectivity index (χ2v) is 12.8. The molecule has 1 aliphatic rings. The molecule has 12 heteroatoms. The van der Waals surface area contributed by atoms with Crippen LogP contribution < -0.4 is 10.6 Å². The van der Waals surface area contributed by atoms with E-state index in [2.05, 4.69) is 54.2 Å². The zero-order valence-electron chi connectivity index (χ0n) is 25.1. The Balaban J connectivity index is 1.17. The van der Waals surface area contributed by atoms with Gasteiger partial charge in [0.15, 0.2) is 16.6 Å². The van der Waals surface area contributed by atoms with Crippen LogP contribution in [0, 0.1) is 5.92 Å². The van der Waals surface area contributed by atoms with E-state index in [1.54, 1.807) is 12.1 Å². The number of nitrogens with one attached hydrogen (secondary N) is 4. The Kier molecular flexibility index (Phi) is 9.51. The van der Waals surface area contributed by atoms with Crippen LogP contribution in [0.25, 0.3) is 11.0 Å². The maximum atomic E-state index is 13.1. The van der Waals surface area contributed by atoms with Gasteiger partial charge in [-0.25, -0.2) is 9.97 Å². The average molecular weight is 639 g/mol. The second-order valence-electron chi connectivity index (χ2n) is 11.5. The predicted molar refractivity (Wildman–Crippen MR) is 174 cm³/mol. The first kappa shape index (κ1) is 31.4. The van der Waals surface area contributed by atoms with Gasteiger partial charge >= 0.3 is 0 Å². The first-order valence-electron chi connectivity index (χ1n) is 14.7. The number of imidazole rings is 2. The number of aryl methyl sites for hydroxylation is 2. The molecule has 2 amide bonds. The third kappa shape index (κ3) is 7.73. The second kappa shape index (κ2) is 13.3. The summed E-state index contributed by atoms with van der Waals surface area (Å²) in [5, 5.41) is 5.29. The maximum absolute atomic E-state index is 13.1. The van der Waals surface area contributed by atoms with Gasteiger partial charge in [-0.3, -0.25) is 14.9 Å². The van der Waals surface area contributed by atoms with E-state index in [0.29, 0.717) is 28.9 Å². The molecule has 0 saturated carbocycles. The van der Waals surface area contributed by atoms with E-state index in [9.17, 15) is 9.59 Å². The number of rotatable bonds is 11. The molecule has 44 heavy (non-hydrogen) atoms. The lowest BCUT2D eigenvalue weighted by molar-refractivity contribution is 0.0320. The average Bonchev–Trinajstić information content (AvgIpc) is 3.62. The van der Waals surface area contributed by atoms with E-state index in [4.69, 9.17) is 27.9 Å². The molecule has 1 aliphatic heterocycles. The molecule has 0 aliphatic carbocycles. The highest BCUT2D eigenvalue weighted by atomic mass is 35.5. The van der Waals surface area contributed by atoms with Crippen molar-refractivity contribution >= 4 is 57.7 Å². The molecule has 2 aromatic carbocycles. The smallest absolute Gasteiger partial charge is 0.276 e. The van der Waals surface area contributed by atoms with Gasteiger partial charge in [-0.15, -0.1) is 0 Å². The largest absolute Gasteiger partial charge is 0.458 e. The van der Waals surface area contributed by atoms with E-state index in [0.717, 1.165) is 55.4 Å². The molecule has 10 nitrogen and oxygen atoms in total. The fourth-order valence-corrected chi connectivity index (χ4v) is 5.68. The number of amides is 2. The number of benzene rings is 2. The Morgan fingerprint density at radius 1 is 1.14 bits per heavy atom. The van der Waals surface area contributed by atoms with Gasteiger partial charge < -0.3 is 24.9 Å². The van der Waals surface area contributed by atoms with Gasteiger partial charge in [-0.2, -0.15) is 0 Å². The number of anilines is 2. The number of H-pyrrole nitrogens is 2. The number of hydrogen-bond donors (Lipinski definition) is 4. The third-order valence-electron chi connectivity index (χ3n) is 7.73. The number of aromatic amines is 2. The number of hydrogen-bond acceptors (Lipinski definition) is 6. The molecule has 4 N–H and O–H groups in total. The molecular weight excluding hydrogens is 601 g/mol. The molecule has 5 rings (SSSR count). The molecule has 0 spiro atoms. The van der Waals surface area contributed by atoms with Crippen LogP contribution >= 0.6 is 23.2 Å². The van der Waals surface area contributed by atoms with Gasteiger partial charge in [0.05, 0.1) is 17.4 Å². The highest BCUT2D eigenvalue weighted by molar-refractivity contribution is 6.31.